The quantitative estimate of drug-likeness (QED) is 0.579. The number of likely N-dealkylation sites (tertiary alicyclic amines) is 1. The third-order valence-electron chi connectivity index (χ3n) is 9.23. The number of piperidine rings is 1. The molecule has 2 unspecified atom stereocenters. The number of ether oxygens (including phenoxy) is 1. The molecule has 1 aromatic carbocycles. The summed E-state index contributed by atoms with van der Waals surface area (Å²) in [5, 5.41) is 5.94. The maximum absolute atomic E-state index is 12.8. The number of benzene rings is 1. The summed E-state index contributed by atoms with van der Waals surface area (Å²) in [7, 11) is 0. The lowest BCUT2D eigenvalue weighted by Gasteiger charge is -2.35. The molecule has 4 atom stereocenters. The zero-order chi connectivity index (χ0) is 25.1. The van der Waals surface area contributed by atoms with Gasteiger partial charge in [0, 0.05) is 57.6 Å². The maximum atomic E-state index is 12.8. The second kappa shape index (κ2) is 8.57. The van der Waals surface area contributed by atoms with Crippen LogP contribution in [0.2, 0.25) is 0 Å². The van der Waals surface area contributed by atoms with Crippen molar-refractivity contribution in [3.8, 4) is 11.4 Å². The molecule has 1 saturated carbocycles. The van der Waals surface area contributed by atoms with Crippen LogP contribution in [0.1, 0.15) is 19.4 Å². The molecule has 3 fully saturated rings. The van der Waals surface area contributed by atoms with Crippen molar-refractivity contribution in [1.29, 1.82) is 0 Å². The number of nitrogens with zero attached hydrogens (tertiary/aromatic N) is 4. The highest BCUT2D eigenvalue weighted by Gasteiger charge is 2.74. The number of fused-ring (bicyclic) bond motifs is 2. The van der Waals surface area contributed by atoms with Crippen LogP contribution in [0.5, 0.6) is 5.75 Å². The van der Waals surface area contributed by atoms with E-state index in [0.29, 0.717) is 48.2 Å². The van der Waals surface area contributed by atoms with Gasteiger partial charge in [-0.2, -0.15) is 4.98 Å². The zero-order valence-electron chi connectivity index (χ0n) is 21.0. The van der Waals surface area contributed by atoms with E-state index >= 15 is 0 Å². The van der Waals surface area contributed by atoms with Crippen molar-refractivity contribution in [1.82, 2.24) is 24.7 Å². The molecule has 2 aromatic rings. The standard InChI is InChI=1S/C26H35N7O3/c1-25-15-32(16-26(25,2)21(25)13-27)19-11-17-3-4-18(12-20(17)36-14-19)33-8-5-22(30-24(33)35)29-23(34)31-9-6-28-7-10-31/h3-5,8,12,19,21,28H,6-7,9-11,13-16,27H2,1-2H3,(H,29,30,34,35)/t19?,21?,25-,26+. The topological polar surface area (TPSA) is 118 Å². The van der Waals surface area contributed by atoms with Crippen molar-refractivity contribution in [3.63, 3.8) is 0 Å². The smallest absolute Gasteiger partial charge is 0.354 e. The summed E-state index contributed by atoms with van der Waals surface area (Å²) in [4.78, 5) is 33.5. The summed E-state index contributed by atoms with van der Waals surface area (Å²) in [6.07, 6.45) is 2.57. The van der Waals surface area contributed by atoms with Crippen molar-refractivity contribution in [2.75, 3.05) is 57.7 Å². The summed E-state index contributed by atoms with van der Waals surface area (Å²) >= 11 is 0. The van der Waals surface area contributed by atoms with Crippen LogP contribution in [-0.2, 0) is 6.42 Å². The van der Waals surface area contributed by atoms with Gasteiger partial charge in [-0.25, -0.2) is 9.59 Å². The highest BCUT2D eigenvalue weighted by atomic mass is 16.5. The molecule has 1 aromatic heterocycles. The molecule has 4 aliphatic rings. The van der Waals surface area contributed by atoms with E-state index in [1.54, 1.807) is 17.2 Å². The Balaban J connectivity index is 1.13. The Bertz CT molecular complexity index is 1220. The Morgan fingerprint density at radius 1 is 1.22 bits per heavy atom. The van der Waals surface area contributed by atoms with E-state index in [2.05, 4.69) is 34.4 Å². The number of anilines is 1. The monoisotopic (exact) mass is 493 g/mol. The van der Waals surface area contributed by atoms with E-state index < -0.39 is 5.69 Å². The van der Waals surface area contributed by atoms with Gasteiger partial charge in [-0.3, -0.25) is 14.8 Å². The van der Waals surface area contributed by atoms with Crippen LogP contribution in [0.4, 0.5) is 10.6 Å². The van der Waals surface area contributed by atoms with E-state index in [-0.39, 0.29) is 11.8 Å². The molecule has 0 bridgehead atoms. The minimum atomic E-state index is -0.450. The number of rotatable bonds is 4. The van der Waals surface area contributed by atoms with E-state index in [1.807, 2.05) is 18.2 Å². The zero-order valence-corrected chi connectivity index (χ0v) is 21.0. The van der Waals surface area contributed by atoms with Gasteiger partial charge in [0.15, 0.2) is 0 Å². The molecule has 10 nitrogen and oxygen atoms in total. The molecule has 10 heteroatoms. The fourth-order valence-corrected chi connectivity index (χ4v) is 6.79. The first-order chi connectivity index (χ1) is 17.3. The van der Waals surface area contributed by atoms with Gasteiger partial charge in [0.1, 0.15) is 18.2 Å². The third-order valence-corrected chi connectivity index (χ3v) is 9.23. The number of aromatic nitrogens is 2. The first-order valence-corrected chi connectivity index (χ1v) is 12.9. The molecule has 0 spiro atoms. The van der Waals surface area contributed by atoms with Gasteiger partial charge in [0.05, 0.1) is 5.69 Å². The van der Waals surface area contributed by atoms with E-state index in [4.69, 9.17) is 10.5 Å². The lowest BCUT2D eigenvalue weighted by atomic mass is 9.99. The van der Waals surface area contributed by atoms with Crippen LogP contribution in [0.25, 0.3) is 5.69 Å². The molecule has 4 heterocycles. The Hall–Kier alpha value is -2.95. The minimum Gasteiger partial charge on any atom is -0.492 e. The van der Waals surface area contributed by atoms with Crippen molar-refractivity contribution in [2.24, 2.45) is 22.5 Å². The lowest BCUT2D eigenvalue weighted by molar-refractivity contribution is 0.114. The molecule has 3 aliphatic heterocycles. The van der Waals surface area contributed by atoms with Crippen LogP contribution in [0.15, 0.2) is 35.3 Å². The number of hydrogen-bond acceptors (Lipinski definition) is 7. The Kier molecular flexibility index (Phi) is 5.58. The van der Waals surface area contributed by atoms with E-state index in [0.717, 1.165) is 50.5 Å². The lowest BCUT2D eigenvalue weighted by Crippen LogP contribution is -2.48. The van der Waals surface area contributed by atoms with Gasteiger partial charge in [-0.15, -0.1) is 0 Å². The summed E-state index contributed by atoms with van der Waals surface area (Å²) < 4.78 is 7.66. The number of carbonyl (C=O) groups is 1. The average Bonchev–Trinajstić information content (AvgIpc) is 3.19. The summed E-state index contributed by atoms with van der Waals surface area (Å²) in [6, 6.07) is 7.64. The van der Waals surface area contributed by atoms with E-state index in [1.165, 1.54) is 4.57 Å². The van der Waals surface area contributed by atoms with E-state index in [9.17, 15) is 9.59 Å². The van der Waals surface area contributed by atoms with Gasteiger partial charge >= 0.3 is 11.7 Å². The number of hydrogen-bond donors (Lipinski definition) is 3. The van der Waals surface area contributed by atoms with Crippen molar-refractivity contribution < 1.29 is 9.53 Å². The number of carbonyl (C=O) groups excluding carboxylic acids is 1. The molecule has 6 rings (SSSR count). The Morgan fingerprint density at radius 3 is 2.67 bits per heavy atom. The van der Waals surface area contributed by atoms with Crippen LogP contribution in [0, 0.1) is 16.7 Å². The molecular weight excluding hydrogens is 458 g/mol. The maximum Gasteiger partial charge on any atom is 0.354 e. The number of piperazine rings is 1. The molecule has 192 valence electrons. The van der Waals surface area contributed by atoms with Gasteiger partial charge < -0.3 is 20.7 Å². The number of amides is 2. The van der Waals surface area contributed by atoms with Crippen LogP contribution >= 0.6 is 0 Å². The molecule has 1 aliphatic carbocycles. The van der Waals surface area contributed by atoms with Crippen LogP contribution in [-0.4, -0.2) is 83.8 Å². The number of nitrogens with one attached hydrogen (secondary N) is 2. The highest BCUT2D eigenvalue weighted by molar-refractivity contribution is 5.88. The first-order valence-electron chi connectivity index (χ1n) is 12.9. The Morgan fingerprint density at radius 2 is 1.97 bits per heavy atom. The molecule has 2 amide bonds. The molecule has 36 heavy (non-hydrogen) atoms. The number of nitrogens with two attached hydrogens (primary N) is 1. The molecule has 0 radical (unpaired) electrons. The predicted molar refractivity (Wildman–Crippen MR) is 137 cm³/mol. The SMILES string of the molecule is C[C@@]12CN(C3COc4cc(-n5ccc(NC(=O)N6CCNCC6)nc5=O)ccc4C3)C[C@]1(C)C2CN. The number of urea groups is 1. The van der Waals surface area contributed by atoms with Gasteiger partial charge in [0.25, 0.3) is 0 Å². The fourth-order valence-electron chi connectivity index (χ4n) is 6.79. The minimum absolute atomic E-state index is 0.241. The van der Waals surface area contributed by atoms with Gasteiger partial charge in [-0.05, 0) is 47.4 Å². The summed E-state index contributed by atoms with van der Waals surface area (Å²) in [6.45, 7) is 11.1. The van der Waals surface area contributed by atoms with Crippen molar-refractivity contribution >= 4 is 11.8 Å². The highest BCUT2D eigenvalue weighted by Crippen LogP contribution is 2.72. The van der Waals surface area contributed by atoms with Crippen molar-refractivity contribution in [3.05, 3.63) is 46.5 Å². The summed E-state index contributed by atoms with van der Waals surface area (Å²) in [5.41, 5.74) is 8.05. The molecular formula is C26H35N7O3. The van der Waals surface area contributed by atoms with Crippen LogP contribution in [0.3, 0.4) is 0 Å². The van der Waals surface area contributed by atoms with Crippen LogP contribution < -0.4 is 26.8 Å². The predicted octanol–water partition coefficient (Wildman–Crippen LogP) is 0.890. The first kappa shape index (κ1) is 23.4. The molecule has 2 saturated heterocycles. The largest absolute Gasteiger partial charge is 0.492 e. The fraction of sp³-hybridized carbons (Fsp3) is 0.577. The third kappa shape index (κ3) is 3.70. The average molecular weight is 494 g/mol. The molecule has 4 N–H and O–H groups in total. The second-order valence-corrected chi connectivity index (χ2v) is 11.1. The Labute approximate surface area is 210 Å². The van der Waals surface area contributed by atoms with Gasteiger partial charge in [-0.1, -0.05) is 19.9 Å². The summed E-state index contributed by atoms with van der Waals surface area (Å²) in [5.74, 6) is 1.68. The second-order valence-electron chi connectivity index (χ2n) is 11.1. The van der Waals surface area contributed by atoms with Gasteiger partial charge in [0.2, 0.25) is 0 Å². The van der Waals surface area contributed by atoms with Crippen molar-refractivity contribution in [2.45, 2.75) is 26.3 Å². The normalized spacial score (nSPS) is 31.4.